The summed E-state index contributed by atoms with van der Waals surface area (Å²) in [5, 5.41) is 0. The summed E-state index contributed by atoms with van der Waals surface area (Å²) < 4.78 is 0. The maximum absolute atomic E-state index is 4.09. The number of rotatable bonds is 2. The van der Waals surface area contributed by atoms with Gasteiger partial charge >= 0.3 is 0 Å². The average Bonchev–Trinajstić information content (AvgIpc) is 2.50. The molecule has 20 heavy (non-hydrogen) atoms. The maximum Gasteiger partial charge on any atom is 0.0375 e. The lowest BCUT2D eigenvalue weighted by atomic mass is 10.2. The van der Waals surface area contributed by atoms with E-state index >= 15 is 0 Å². The van der Waals surface area contributed by atoms with Gasteiger partial charge in [-0.2, -0.15) is 0 Å². The minimum absolute atomic E-state index is 1.10. The second-order valence-corrected chi connectivity index (χ2v) is 4.32. The summed E-state index contributed by atoms with van der Waals surface area (Å²) in [6, 6.07) is 8.32. The van der Waals surface area contributed by atoms with Gasteiger partial charge in [0.05, 0.1) is 0 Å². The van der Waals surface area contributed by atoms with Gasteiger partial charge < -0.3 is 0 Å². The SMILES string of the molecule is CC.CCc1ccnc(C)c1.CCc1ccnc(C)c1. The summed E-state index contributed by atoms with van der Waals surface area (Å²) >= 11 is 0. The van der Waals surface area contributed by atoms with Crippen molar-refractivity contribution in [1.29, 1.82) is 0 Å². The molecule has 0 N–H and O–H groups in total. The Morgan fingerprint density at radius 3 is 1.30 bits per heavy atom. The van der Waals surface area contributed by atoms with Gasteiger partial charge in [-0.15, -0.1) is 0 Å². The van der Waals surface area contributed by atoms with Crippen molar-refractivity contribution in [2.75, 3.05) is 0 Å². The van der Waals surface area contributed by atoms with Crippen molar-refractivity contribution >= 4 is 0 Å². The highest BCUT2D eigenvalue weighted by atomic mass is 14.6. The molecule has 0 bridgehead atoms. The number of pyridine rings is 2. The van der Waals surface area contributed by atoms with Crippen LogP contribution in [0.5, 0.6) is 0 Å². The summed E-state index contributed by atoms with van der Waals surface area (Å²) in [7, 11) is 0. The van der Waals surface area contributed by atoms with E-state index in [2.05, 4.69) is 35.9 Å². The predicted molar refractivity (Wildman–Crippen MR) is 88.1 cm³/mol. The molecule has 0 saturated carbocycles. The number of aryl methyl sites for hydroxylation is 4. The third kappa shape index (κ3) is 7.67. The van der Waals surface area contributed by atoms with Gasteiger partial charge in [0.15, 0.2) is 0 Å². The standard InChI is InChI=1S/2C8H11N.C2H6/c2*1-3-8-4-5-9-7(2)6-8;1-2/h2*4-6H,3H2,1-2H3;1-2H3. The van der Waals surface area contributed by atoms with Gasteiger partial charge in [-0.3, -0.25) is 9.97 Å². The normalized spacial score (nSPS) is 8.90. The van der Waals surface area contributed by atoms with Crippen LogP contribution in [0.3, 0.4) is 0 Å². The Morgan fingerprint density at radius 2 is 1.10 bits per heavy atom. The quantitative estimate of drug-likeness (QED) is 0.774. The van der Waals surface area contributed by atoms with Crippen molar-refractivity contribution < 1.29 is 0 Å². The van der Waals surface area contributed by atoms with Crippen molar-refractivity contribution in [3.05, 3.63) is 59.2 Å². The van der Waals surface area contributed by atoms with Crippen molar-refractivity contribution in [3.63, 3.8) is 0 Å². The minimum atomic E-state index is 1.10. The van der Waals surface area contributed by atoms with Crippen LogP contribution in [-0.2, 0) is 12.8 Å². The summed E-state index contributed by atoms with van der Waals surface area (Å²) in [6.07, 6.45) is 5.91. The molecule has 2 aromatic rings. The topological polar surface area (TPSA) is 25.8 Å². The van der Waals surface area contributed by atoms with Crippen LogP contribution in [0.2, 0.25) is 0 Å². The van der Waals surface area contributed by atoms with Gasteiger partial charge in [0, 0.05) is 23.8 Å². The fourth-order valence-corrected chi connectivity index (χ4v) is 1.65. The smallest absolute Gasteiger partial charge is 0.0375 e. The molecular weight excluding hydrogens is 244 g/mol. The fraction of sp³-hybridized carbons (Fsp3) is 0.444. The van der Waals surface area contributed by atoms with Crippen LogP contribution >= 0.6 is 0 Å². The third-order valence-electron chi connectivity index (χ3n) is 2.74. The van der Waals surface area contributed by atoms with Gasteiger partial charge in [0.1, 0.15) is 0 Å². The first-order chi connectivity index (χ1) is 9.65. The largest absolute Gasteiger partial charge is 0.262 e. The average molecular weight is 272 g/mol. The van der Waals surface area contributed by atoms with Crippen LogP contribution in [0, 0.1) is 13.8 Å². The molecule has 0 unspecified atom stereocenters. The predicted octanol–water partition coefficient (Wildman–Crippen LogP) is 4.93. The zero-order valence-electron chi connectivity index (χ0n) is 13.8. The second kappa shape index (κ2) is 11.2. The molecule has 0 aromatic carbocycles. The lowest BCUT2D eigenvalue weighted by Gasteiger charge is -1.94. The Morgan fingerprint density at radius 1 is 0.750 bits per heavy atom. The molecule has 0 fully saturated rings. The molecule has 2 rings (SSSR count). The van der Waals surface area contributed by atoms with Crippen molar-refractivity contribution in [2.24, 2.45) is 0 Å². The maximum atomic E-state index is 4.09. The van der Waals surface area contributed by atoms with E-state index in [-0.39, 0.29) is 0 Å². The Hall–Kier alpha value is -1.70. The molecule has 2 aromatic heterocycles. The second-order valence-electron chi connectivity index (χ2n) is 4.32. The van der Waals surface area contributed by atoms with Crippen molar-refractivity contribution in [1.82, 2.24) is 9.97 Å². The zero-order chi connectivity index (χ0) is 15.4. The fourth-order valence-electron chi connectivity index (χ4n) is 1.65. The van der Waals surface area contributed by atoms with Gasteiger partial charge in [0.2, 0.25) is 0 Å². The van der Waals surface area contributed by atoms with Gasteiger partial charge in [0.25, 0.3) is 0 Å². The first kappa shape index (κ1) is 18.3. The van der Waals surface area contributed by atoms with Crippen LogP contribution in [0.25, 0.3) is 0 Å². The highest BCUT2D eigenvalue weighted by Crippen LogP contribution is 2.00. The Kier molecular flexibility index (Phi) is 10.2. The Labute approximate surface area is 124 Å². The molecule has 0 spiro atoms. The number of hydrogen-bond donors (Lipinski definition) is 0. The molecule has 0 aliphatic heterocycles. The molecule has 0 atom stereocenters. The third-order valence-corrected chi connectivity index (χ3v) is 2.74. The van der Waals surface area contributed by atoms with E-state index < -0.39 is 0 Å². The molecule has 0 radical (unpaired) electrons. The van der Waals surface area contributed by atoms with Crippen LogP contribution < -0.4 is 0 Å². The molecule has 2 heterocycles. The highest BCUT2D eigenvalue weighted by Gasteiger charge is 1.87. The molecule has 0 aliphatic carbocycles. The van der Waals surface area contributed by atoms with E-state index in [1.54, 1.807) is 0 Å². The Balaban J connectivity index is 0.000000321. The van der Waals surface area contributed by atoms with E-state index in [0.29, 0.717) is 0 Å². The first-order valence-corrected chi connectivity index (χ1v) is 7.48. The number of hydrogen-bond acceptors (Lipinski definition) is 2. The molecule has 2 heteroatoms. The van der Waals surface area contributed by atoms with E-state index in [1.165, 1.54) is 11.1 Å². The van der Waals surface area contributed by atoms with Gasteiger partial charge in [-0.05, 0) is 62.1 Å². The number of nitrogens with zero attached hydrogens (tertiary/aromatic N) is 2. The van der Waals surface area contributed by atoms with E-state index in [9.17, 15) is 0 Å². The van der Waals surface area contributed by atoms with E-state index in [0.717, 1.165) is 24.2 Å². The Bertz CT molecular complexity index is 433. The monoisotopic (exact) mass is 272 g/mol. The summed E-state index contributed by atoms with van der Waals surface area (Å²) in [5.41, 5.74) is 4.94. The molecule has 2 nitrogen and oxygen atoms in total. The molecule has 0 amide bonds. The summed E-state index contributed by atoms with van der Waals surface area (Å²) in [6.45, 7) is 12.3. The van der Waals surface area contributed by atoms with Crippen molar-refractivity contribution in [2.45, 2.75) is 54.4 Å². The summed E-state index contributed by atoms with van der Waals surface area (Å²) in [4.78, 5) is 8.18. The van der Waals surface area contributed by atoms with Crippen LogP contribution in [0.4, 0.5) is 0 Å². The molecule has 0 saturated heterocycles. The van der Waals surface area contributed by atoms with Gasteiger partial charge in [-0.25, -0.2) is 0 Å². The van der Waals surface area contributed by atoms with E-state index in [4.69, 9.17) is 0 Å². The van der Waals surface area contributed by atoms with Crippen molar-refractivity contribution in [3.8, 4) is 0 Å². The lowest BCUT2D eigenvalue weighted by Crippen LogP contribution is -1.83. The molecule has 0 aliphatic rings. The lowest BCUT2D eigenvalue weighted by molar-refractivity contribution is 1.09. The first-order valence-electron chi connectivity index (χ1n) is 7.48. The van der Waals surface area contributed by atoms with Gasteiger partial charge in [-0.1, -0.05) is 27.7 Å². The van der Waals surface area contributed by atoms with Crippen LogP contribution in [0.15, 0.2) is 36.7 Å². The number of aromatic nitrogens is 2. The highest BCUT2D eigenvalue weighted by molar-refractivity contribution is 5.15. The summed E-state index contributed by atoms with van der Waals surface area (Å²) in [5.74, 6) is 0. The molecular formula is C18H28N2. The van der Waals surface area contributed by atoms with Crippen LogP contribution in [-0.4, -0.2) is 9.97 Å². The van der Waals surface area contributed by atoms with E-state index in [1.807, 2.05) is 52.2 Å². The van der Waals surface area contributed by atoms with Crippen LogP contribution in [0.1, 0.15) is 50.2 Å². The molecule has 110 valence electrons. The zero-order valence-corrected chi connectivity index (χ0v) is 13.8. The minimum Gasteiger partial charge on any atom is -0.262 e.